The van der Waals surface area contributed by atoms with Gasteiger partial charge in [0.05, 0.1) is 12.7 Å². The van der Waals surface area contributed by atoms with Gasteiger partial charge in [-0.2, -0.15) is 0 Å². The summed E-state index contributed by atoms with van der Waals surface area (Å²) in [7, 11) is 0. The van der Waals surface area contributed by atoms with Crippen molar-refractivity contribution in [1.82, 2.24) is 15.3 Å². The summed E-state index contributed by atoms with van der Waals surface area (Å²) in [6.45, 7) is 0.273. The van der Waals surface area contributed by atoms with Crippen LogP contribution < -0.4 is 11.1 Å². The molecule has 5 nitrogen and oxygen atoms in total. The summed E-state index contributed by atoms with van der Waals surface area (Å²) < 4.78 is 13.7. The van der Waals surface area contributed by atoms with Crippen molar-refractivity contribution in [3.8, 4) is 11.8 Å². The number of benzene rings is 1. The molecule has 0 aliphatic rings. The van der Waals surface area contributed by atoms with E-state index in [-0.39, 0.29) is 18.8 Å². The minimum absolute atomic E-state index is 0.0411. The lowest BCUT2D eigenvalue weighted by atomic mass is 10.1. The van der Waals surface area contributed by atoms with E-state index in [4.69, 9.17) is 5.73 Å². The molecule has 6 heteroatoms. The number of carbonyl (C=O) groups is 1. The van der Waals surface area contributed by atoms with Crippen molar-refractivity contribution in [2.45, 2.75) is 6.54 Å². The Hall–Kier alpha value is -2.78. The third kappa shape index (κ3) is 4.09. The number of rotatable bonds is 3. The molecule has 21 heavy (non-hydrogen) atoms. The van der Waals surface area contributed by atoms with Gasteiger partial charge in [0, 0.05) is 30.1 Å². The third-order valence-corrected chi connectivity index (χ3v) is 2.62. The molecule has 3 N–H and O–H groups in total. The maximum absolute atomic E-state index is 13.7. The number of hydrogen-bond acceptors (Lipinski definition) is 4. The molecule has 2 aromatic rings. The molecule has 0 atom stereocenters. The first-order valence-electron chi connectivity index (χ1n) is 6.22. The molecule has 0 spiro atoms. The molecule has 106 valence electrons. The second-order valence-corrected chi connectivity index (χ2v) is 4.09. The van der Waals surface area contributed by atoms with Crippen LogP contribution in [0.1, 0.15) is 21.6 Å². The highest BCUT2D eigenvalue weighted by atomic mass is 19.1. The maximum atomic E-state index is 13.7. The fraction of sp³-hybridized carbons (Fsp3) is 0.133. The van der Waals surface area contributed by atoms with E-state index in [9.17, 15) is 9.18 Å². The predicted octanol–water partition coefficient (Wildman–Crippen LogP) is 0.856. The zero-order valence-corrected chi connectivity index (χ0v) is 11.1. The van der Waals surface area contributed by atoms with Crippen molar-refractivity contribution in [1.29, 1.82) is 0 Å². The van der Waals surface area contributed by atoms with E-state index >= 15 is 0 Å². The average Bonchev–Trinajstić information content (AvgIpc) is 2.53. The zero-order chi connectivity index (χ0) is 15.1. The van der Waals surface area contributed by atoms with Crippen LogP contribution in [0, 0.1) is 17.7 Å². The summed E-state index contributed by atoms with van der Waals surface area (Å²) in [5.74, 6) is 4.68. The van der Waals surface area contributed by atoms with Crippen molar-refractivity contribution >= 4 is 5.91 Å². The Morgan fingerprint density at radius 3 is 2.95 bits per heavy atom. The highest BCUT2D eigenvalue weighted by Crippen LogP contribution is 2.10. The van der Waals surface area contributed by atoms with Gasteiger partial charge in [-0.15, -0.1) is 0 Å². The molecule has 0 bridgehead atoms. The van der Waals surface area contributed by atoms with Crippen molar-refractivity contribution in [3.05, 3.63) is 59.4 Å². The van der Waals surface area contributed by atoms with Gasteiger partial charge in [-0.05, 0) is 18.2 Å². The SMILES string of the molecule is NCC#Cc1ccc(F)c(CNC(=O)c2cnccn2)c1. The number of nitrogens with two attached hydrogens (primary N) is 1. The van der Waals surface area contributed by atoms with E-state index in [1.54, 1.807) is 12.1 Å². The maximum Gasteiger partial charge on any atom is 0.271 e. The lowest BCUT2D eigenvalue weighted by molar-refractivity contribution is 0.0945. The molecule has 1 aromatic carbocycles. The Morgan fingerprint density at radius 1 is 1.38 bits per heavy atom. The van der Waals surface area contributed by atoms with Crippen LogP contribution in [0.3, 0.4) is 0 Å². The lowest BCUT2D eigenvalue weighted by Gasteiger charge is -2.06. The van der Waals surface area contributed by atoms with Crippen molar-refractivity contribution in [2.24, 2.45) is 5.73 Å². The van der Waals surface area contributed by atoms with Crippen LogP contribution in [-0.4, -0.2) is 22.4 Å². The van der Waals surface area contributed by atoms with Crippen LogP contribution in [0.25, 0.3) is 0 Å². The van der Waals surface area contributed by atoms with Gasteiger partial charge in [-0.1, -0.05) is 11.8 Å². The zero-order valence-electron chi connectivity index (χ0n) is 11.1. The van der Waals surface area contributed by atoms with E-state index in [1.807, 2.05) is 0 Å². The third-order valence-electron chi connectivity index (χ3n) is 2.62. The van der Waals surface area contributed by atoms with Crippen molar-refractivity contribution in [3.63, 3.8) is 0 Å². The molecule has 0 aliphatic carbocycles. The van der Waals surface area contributed by atoms with Crippen LogP contribution in [0.2, 0.25) is 0 Å². The van der Waals surface area contributed by atoms with E-state index in [0.717, 1.165) is 0 Å². The quantitative estimate of drug-likeness (QED) is 0.819. The van der Waals surface area contributed by atoms with Crippen LogP contribution in [0.15, 0.2) is 36.8 Å². The first kappa shape index (κ1) is 14.6. The number of hydrogen-bond donors (Lipinski definition) is 2. The standard InChI is InChI=1S/C15H13FN4O/c16-13-4-3-11(2-1-5-17)8-12(13)9-20-15(21)14-10-18-6-7-19-14/h3-4,6-8,10H,5,9,17H2,(H,20,21). The molecule has 1 amide bonds. The summed E-state index contributed by atoms with van der Waals surface area (Å²) in [6, 6.07) is 4.45. The number of amides is 1. The van der Waals surface area contributed by atoms with E-state index in [1.165, 1.54) is 24.7 Å². The largest absolute Gasteiger partial charge is 0.346 e. The van der Waals surface area contributed by atoms with Gasteiger partial charge in [-0.25, -0.2) is 9.37 Å². The van der Waals surface area contributed by atoms with Crippen LogP contribution in [0.5, 0.6) is 0 Å². The molecule has 0 aliphatic heterocycles. The number of carbonyl (C=O) groups excluding carboxylic acids is 1. The Kier molecular flexibility index (Phi) is 4.96. The topological polar surface area (TPSA) is 80.9 Å². The van der Waals surface area contributed by atoms with Gasteiger partial charge >= 0.3 is 0 Å². The van der Waals surface area contributed by atoms with Crippen LogP contribution >= 0.6 is 0 Å². The van der Waals surface area contributed by atoms with Gasteiger partial charge in [0.2, 0.25) is 0 Å². The second-order valence-electron chi connectivity index (χ2n) is 4.09. The Morgan fingerprint density at radius 2 is 2.24 bits per heavy atom. The monoisotopic (exact) mass is 284 g/mol. The van der Waals surface area contributed by atoms with Crippen LogP contribution in [0.4, 0.5) is 4.39 Å². The fourth-order valence-electron chi connectivity index (χ4n) is 1.62. The summed E-state index contributed by atoms with van der Waals surface area (Å²) in [6.07, 6.45) is 4.23. The van der Waals surface area contributed by atoms with Gasteiger partial charge in [0.1, 0.15) is 11.5 Å². The highest BCUT2D eigenvalue weighted by molar-refractivity contribution is 5.91. The van der Waals surface area contributed by atoms with E-state index in [0.29, 0.717) is 11.1 Å². The van der Waals surface area contributed by atoms with Gasteiger partial charge in [-0.3, -0.25) is 9.78 Å². The van der Waals surface area contributed by atoms with E-state index < -0.39 is 11.7 Å². The second kappa shape index (κ2) is 7.12. The minimum Gasteiger partial charge on any atom is -0.346 e. The Bertz CT molecular complexity index is 692. The highest BCUT2D eigenvalue weighted by Gasteiger charge is 2.08. The molecule has 2 rings (SSSR count). The summed E-state index contributed by atoms with van der Waals surface area (Å²) >= 11 is 0. The summed E-state index contributed by atoms with van der Waals surface area (Å²) in [5, 5.41) is 2.59. The van der Waals surface area contributed by atoms with E-state index in [2.05, 4.69) is 27.1 Å². The number of aromatic nitrogens is 2. The first-order chi connectivity index (χ1) is 10.2. The smallest absolute Gasteiger partial charge is 0.271 e. The molecule has 0 fully saturated rings. The molecule has 0 saturated carbocycles. The summed E-state index contributed by atoms with van der Waals surface area (Å²) in [5.41, 5.74) is 6.45. The molecule has 1 heterocycles. The van der Waals surface area contributed by atoms with Gasteiger partial charge in [0.15, 0.2) is 0 Å². The number of halogens is 1. The minimum atomic E-state index is -0.416. The predicted molar refractivity (Wildman–Crippen MR) is 75.5 cm³/mol. The van der Waals surface area contributed by atoms with Crippen molar-refractivity contribution in [2.75, 3.05) is 6.54 Å². The normalized spacial score (nSPS) is 9.62. The molecular weight excluding hydrogens is 271 g/mol. The van der Waals surface area contributed by atoms with Gasteiger partial charge < -0.3 is 11.1 Å². The molecule has 0 saturated heterocycles. The Balaban J connectivity index is 2.07. The molecule has 1 aromatic heterocycles. The summed E-state index contributed by atoms with van der Waals surface area (Å²) in [4.78, 5) is 19.5. The van der Waals surface area contributed by atoms with Crippen molar-refractivity contribution < 1.29 is 9.18 Å². The molecular formula is C15H13FN4O. The first-order valence-corrected chi connectivity index (χ1v) is 6.22. The van der Waals surface area contributed by atoms with Gasteiger partial charge in [0.25, 0.3) is 5.91 Å². The number of nitrogens with zero attached hydrogens (tertiary/aromatic N) is 2. The fourth-order valence-corrected chi connectivity index (χ4v) is 1.62. The van der Waals surface area contributed by atoms with Crippen LogP contribution in [-0.2, 0) is 6.54 Å². The Labute approximate surface area is 121 Å². The molecule has 0 unspecified atom stereocenters. The number of nitrogens with one attached hydrogen (secondary N) is 1. The lowest BCUT2D eigenvalue weighted by Crippen LogP contribution is -2.24. The molecule has 0 radical (unpaired) electrons. The average molecular weight is 284 g/mol.